The van der Waals surface area contributed by atoms with Gasteiger partial charge in [-0.2, -0.15) is 26.3 Å². The Kier molecular flexibility index (Phi) is 8.07. The third-order valence-electron chi connectivity index (χ3n) is 8.27. The number of methoxy groups -OCH3 is 1. The number of cyclic esters (lactones) is 1. The zero-order valence-corrected chi connectivity index (χ0v) is 24.7. The third kappa shape index (κ3) is 6.20. The normalized spacial score (nSPS) is 18.5. The minimum Gasteiger partial charge on any atom is -0.496 e. The van der Waals surface area contributed by atoms with Crippen LogP contribution in [0.2, 0.25) is 0 Å². The summed E-state index contributed by atoms with van der Waals surface area (Å²) in [5.74, 6) is 1.98. The second-order valence-corrected chi connectivity index (χ2v) is 11.3. The van der Waals surface area contributed by atoms with E-state index in [1.807, 2.05) is 30.3 Å². The van der Waals surface area contributed by atoms with Gasteiger partial charge in [-0.15, -0.1) is 0 Å². The Labute approximate surface area is 260 Å². The highest BCUT2D eigenvalue weighted by atomic mass is 19.4. The molecular formula is C32H29F6N5O3. The summed E-state index contributed by atoms with van der Waals surface area (Å²) in [5, 5.41) is 0. The smallest absolute Gasteiger partial charge is 0.416 e. The van der Waals surface area contributed by atoms with Gasteiger partial charge >= 0.3 is 18.4 Å². The lowest BCUT2D eigenvalue weighted by atomic mass is 9.96. The van der Waals surface area contributed by atoms with Crippen molar-refractivity contribution in [2.24, 2.45) is 0 Å². The summed E-state index contributed by atoms with van der Waals surface area (Å²) < 4.78 is 92.6. The van der Waals surface area contributed by atoms with E-state index in [9.17, 15) is 31.1 Å². The molecule has 0 aliphatic carbocycles. The molecule has 0 radical (unpaired) electrons. The van der Waals surface area contributed by atoms with E-state index in [0.717, 1.165) is 30.9 Å². The first kappa shape index (κ1) is 31.2. The number of imidazole rings is 1. The topological polar surface area (TPSA) is 83.6 Å². The number of nitrogens with zero attached hydrogens (tertiary/aromatic N) is 4. The predicted octanol–water partition coefficient (Wildman–Crippen LogP) is 7.40. The average Bonchev–Trinajstić information content (AvgIpc) is 3.59. The number of nitrogens with one attached hydrogen (secondary N) is 1. The molecule has 14 heteroatoms. The molecule has 0 saturated carbocycles. The maximum absolute atomic E-state index is 13.6. The fourth-order valence-electron chi connectivity index (χ4n) is 5.70. The number of hydrogen-bond acceptors (Lipinski definition) is 6. The molecule has 242 valence electrons. The second-order valence-electron chi connectivity index (χ2n) is 11.3. The average molecular weight is 646 g/mol. The van der Waals surface area contributed by atoms with Gasteiger partial charge in [0.2, 0.25) is 0 Å². The molecular weight excluding hydrogens is 616 g/mol. The first-order valence-corrected chi connectivity index (χ1v) is 14.5. The van der Waals surface area contributed by atoms with Crippen LogP contribution in [-0.2, 0) is 30.1 Å². The number of aromatic amines is 1. The van der Waals surface area contributed by atoms with E-state index in [-0.39, 0.29) is 12.6 Å². The molecule has 2 aliphatic heterocycles. The van der Waals surface area contributed by atoms with Crippen molar-refractivity contribution in [3.63, 3.8) is 0 Å². The molecule has 0 bridgehead atoms. The predicted molar refractivity (Wildman–Crippen MR) is 155 cm³/mol. The van der Waals surface area contributed by atoms with Gasteiger partial charge < -0.3 is 19.4 Å². The monoisotopic (exact) mass is 645 g/mol. The number of halogens is 6. The Morgan fingerprint density at radius 3 is 2.28 bits per heavy atom. The summed E-state index contributed by atoms with van der Waals surface area (Å²) >= 11 is 0. The van der Waals surface area contributed by atoms with Gasteiger partial charge in [0.1, 0.15) is 23.5 Å². The van der Waals surface area contributed by atoms with Crippen LogP contribution in [0.25, 0.3) is 11.1 Å². The van der Waals surface area contributed by atoms with Gasteiger partial charge in [-0.3, -0.25) is 4.90 Å². The fourth-order valence-corrected chi connectivity index (χ4v) is 5.70. The first-order chi connectivity index (χ1) is 21.8. The largest absolute Gasteiger partial charge is 0.496 e. The van der Waals surface area contributed by atoms with Crippen LogP contribution in [0.15, 0.2) is 60.9 Å². The summed E-state index contributed by atoms with van der Waals surface area (Å²) in [6.45, 7) is 3.00. The zero-order chi connectivity index (χ0) is 32.8. The summed E-state index contributed by atoms with van der Waals surface area (Å²) in [7, 11) is 1.53. The van der Waals surface area contributed by atoms with Crippen LogP contribution < -0.4 is 9.64 Å². The van der Waals surface area contributed by atoms with Crippen LogP contribution in [-0.4, -0.2) is 52.2 Å². The summed E-state index contributed by atoms with van der Waals surface area (Å²) in [6, 6.07) is 9.70. The number of pyridine rings is 1. The van der Waals surface area contributed by atoms with Gasteiger partial charge in [0.05, 0.1) is 36.5 Å². The van der Waals surface area contributed by atoms with E-state index in [1.54, 1.807) is 12.4 Å². The number of amides is 1. The van der Waals surface area contributed by atoms with E-state index < -0.39 is 47.3 Å². The summed E-state index contributed by atoms with van der Waals surface area (Å²) in [5.41, 5.74) is -0.651. The molecule has 1 amide bonds. The number of benzene rings is 2. The SMILES string of the molecule is COc1ccc(Cc2ncc[nH]2)cc1-c1ccc(N2CCC2)nc1CN1C(=O)O[C@H](c2cc(C(F)(F)F)cc(C(F)(F)F)c2)[C@@H]1C. The fraction of sp³-hybridized carbons (Fsp3) is 0.344. The summed E-state index contributed by atoms with van der Waals surface area (Å²) in [4.78, 5) is 28.8. The lowest BCUT2D eigenvalue weighted by Gasteiger charge is -2.33. The molecule has 2 saturated heterocycles. The minimum absolute atomic E-state index is 0.0492. The molecule has 2 fully saturated rings. The van der Waals surface area contributed by atoms with Crippen molar-refractivity contribution in [3.8, 4) is 16.9 Å². The Morgan fingerprint density at radius 1 is 0.978 bits per heavy atom. The first-order valence-electron chi connectivity index (χ1n) is 14.5. The van der Waals surface area contributed by atoms with Gasteiger partial charge in [0.15, 0.2) is 0 Å². The molecule has 4 aromatic rings. The molecule has 1 N–H and O–H groups in total. The highest BCUT2D eigenvalue weighted by molar-refractivity contribution is 5.76. The Hall–Kier alpha value is -4.75. The van der Waals surface area contributed by atoms with E-state index in [1.165, 1.54) is 18.9 Å². The van der Waals surface area contributed by atoms with Crippen LogP contribution in [0.4, 0.5) is 37.0 Å². The summed E-state index contributed by atoms with van der Waals surface area (Å²) in [6.07, 6.45) is -7.47. The van der Waals surface area contributed by atoms with Gasteiger partial charge in [-0.25, -0.2) is 14.8 Å². The van der Waals surface area contributed by atoms with Crippen molar-refractivity contribution >= 4 is 11.9 Å². The van der Waals surface area contributed by atoms with Crippen LogP contribution in [0.1, 0.15) is 53.2 Å². The van der Waals surface area contributed by atoms with Gasteiger partial charge in [0, 0.05) is 43.0 Å². The number of anilines is 1. The molecule has 0 spiro atoms. The molecule has 2 atom stereocenters. The molecule has 6 rings (SSSR count). The van der Waals surface area contributed by atoms with E-state index in [4.69, 9.17) is 14.5 Å². The number of aromatic nitrogens is 3. The highest BCUT2D eigenvalue weighted by Crippen LogP contribution is 2.42. The number of carbonyl (C=O) groups is 1. The van der Waals surface area contributed by atoms with Gasteiger partial charge in [0.25, 0.3) is 0 Å². The van der Waals surface area contributed by atoms with Crippen molar-refractivity contribution < 1.29 is 40.6 Å². The number of alkyl halides is 6. The second kappa shape index (κ2) is 11.9. The van der Waals surface area contributed by atoms with Crippen molar-refractivity contribution in [1.82, 2.24) is 19.9 Å². The molecule has 2 aromatic heterocycles. The van der Waals surface area contributed by atoms with Crippen LogP contribution in [0, 0.1) is 0 Å². The standard InChI is InChI=1S/C32H29F6N5O3/c1-18-29(20-14-21(31(33,34)35)16-22(15-20)32(36,37)38)46-30(44)43(18)17-25-23(5-7-28(41-25)42-10-3-11-42)24-12-19(4-6-26(24)45-2)13-27-39-8-9-40-27/h4-9,12,14-16,18,29H,3,10-11,13,17H2,1-2H3,(H,39,40)/t18-,29-/m0/s1. The maximum atomic E-state index is 13.6. The quantitative estimate of drug-likeness (QED) is 0.201. The van der Waals surface area contributed by atoms with Crippen molar-refractivity contribution in [3.05, 3.63) is 94.7 Å². The number of H-pyrrole nitrogens is 1. The molecule has 4 heterocycles. The molecule has 8 nitrogen and oxygen atoms in total. The van der Waals surface area contributed by atoms with E-state index >= 15 is 0 Å². The highest BCUT2D eigenvalue weighted by Gasteiger charge is 2.43. The Bertz CT molecular complexity index is 1710. The molecule has 0 unspecified atom stereocenters. The number of carbonyl (C=O) groups excluding carboxylic acids is 1. The van der Waals surface area contributed by atoms with Crippen LogP contribution >= 0.6 is 0 Å². The maximum Gasteiger partial charge on any atom is 0.416 e. The third-order valence-corrected chi connectivity index (χ3v) is 8.27. The number of rotatable bonds is 8. The molecule has 2 aliphatic rings. The lowest BCUT2D eigenvalue weighted by molar-refractivity contribution is -0.143. The molecule has 2 aromatic carbocycles. The minimum atomic E-state index is -5.04. The van der Waals surface area contributed by atoms with E-state index in [2.05, 4.69) is 14.9 Å². The van der Waals surface area contributed by atoms with Crippen LogP contribution in [0.5, 0.6) is 5.75 Å². The van der Waals surface area contributed by atoms with Gasteiger partial charge in [-0.1, -0.05) is 6.07 Å². The van der Waals surface area contributed by atoms with Gasteiger partial charge in [-0.05, 0) is 66.9 Å². The van der Waals surface area contributed by atoms with E-state index in [0.29, 0.717) is 46.9 Å². The van der Waals surface area contributed by atoms with Crippen LogP contribution in [0.3, 0.4) is 0 Å². The lowest BCUT2D eigenvalue weighted by Crippen LogP contribution is -2.38. The zero-order valence-electron chi connectivity index (χ0n) is 24.7. The molecule has 46 heavy (non-hydrogen) atoms. The number of hydrogen-bond donors (Lipinski definition) is 1. The van der Waals surface area contributed by atoms with Crippen molar-refractivity contribution in [2.75, 3.05) is 25.1 Å². The Balaban J connectivity index is 1.37. The van der Waals surface area contributed by atoms with Crippen molar-refractivity contribution in [1.29, 1.82) is 0 Å². The Morgan fingerprint density at radius 2 is 1.70 bits per heavy atom. The number of ether oxygens (including phenoxy) is 2. The van der Waals surface area contributed by atoms with Crippen molar-refractivity contribution in [2.45, 2.75) is 50.8 Å².